The summed E-state index contributed by atoms with van der Waals surface area (Å²) < 4.78 is 5.26. The smallest absolute Gasteiger partial charge is 0.270 e. The fourth-order valence-corrected chi connectivity index (χ4v) is 4.51. The van der Waals surface area contributed by atoms with Gasteiger partial charge in [-0.2, -0.15) is 0 Å². The van der Waals surface area contributed by atoms with E-state index in [1.54, 1.807) is 24.4 Å². The van der Waals surface area contributed by atoms with E-state index in [4.69, 9.17) is 15.6 Å². The molecule has 1 aliphatic heterocycles. The first kappa shape index (κ1) is 17.7. The number of nitrogens with one attached hydrogen (secondary N) is 2. The third-order valence-corrected chi connectivity index (χ3v) is 5.87. The van der Waals surface area contributed by atoms with Gasteiger partial charge in [0.15, 0.2) is 0 Å². The Morgan fingerprint density at radius 1 is 1.41 bits per heavy atom. The molecule has 0 bridgehead atoms. The van der Waals surface area contributed by atoms with Gasteiger partial charge >= 0.3 is 0 Å². The van der Waals surface area contributed by atoms with Gasteiger partial charge in [-0.25, -0.2) is 4.98 Å². The van der Waals surface area contributed by atoms with Crippen LogP contribution < -0.4 is 11.1 Å². The maximum Gasteiger partial charge on any atom is 0.270 e. The average Bonchev–Trinajstić information content (AvgIpc) is 3.31. The number of benzene rings is 1. The van der Waals surface area contributed by atoms with Gasteiger partial charge in [0.05, 0.1) is 6.20 Å². The van der Waals surface area contributed by atoms with Gasteiger partial charge in [-0.05, 0) is 63.4 Å². The van der Waals surface area contributed by atoms with E-state index in [2.05, 4.69) is 22.2 Å². The zero-order valence-electron chi connectivity index (χ0n) is 15.4. The van der Waals surface area contributed by atoms with Gasteiger partial charge in [-0.15, -0.1) is 0 Å². The zero-order valence-corrected chi connectivity index (χ0v) is 15.4. The van der Waals surface area contributed by atoms with Crippen LogP contribution in [0.1, 0.15) is 31.2 Å². The summed E-state index contributed by atoms with van der Waals surface area (Å²) in [5.74, 6) is 0.743. The van der Waals surface area contributed by atoms with Crippen LogP contribution in [0.4, 0.5) is 5.69 Å². The second-order valence-electron chi connectivity index (χ2n) is 7.61. The number of oxazole rings is 1. The molecule has 1 amide bonds. The van der Waals surface area contributed by atoms with Crippen molar-refractivity contribution in [2.75, 3.05) is 19.3 Å². The number of anilines is 1. The SMILES string of the molecule is CN1CCCC2C[C@H](NC(=O)C(=N)c3ccc(-c4ncco4)cc3N)CC21. The number of rotatable bonds is 4. The van der Waals surface area contributed by atoms with E-state index < -0.39 is 0 Å². The van der Waals surface area contributed by atoms with Crippen molar-refractivity contribution in [3.05, 3.63) is 36.2 Å². The molecule has 1 aliphatic carbocycles. The normalized spacial score (nSPS) is 25.1. The quantitative estimate of drug-likeness (QED) is 0.567. The van der Waals surface area contributed by atoms with E-state index in [0.29, 0.717) is 29.1 Å². The van der Waals surface area contributed by atoms with Crippen molar-refractivity contribution in [2.24, 2.45) is 5.92 Å². The summed E-state index contributed by atoms with van der Waals surface area (Å²) in [7, 11) is 2.17. The number of carbonyl (C=O) groups excluding carboxylic acids is 1. The molecule has 4 N–H and O–H groups in total. The van der Waals surface area contributed by atoms with Crippen LogP contribution in [-0.2, 0) is 4.79 Å². The molecule has 2 aliphatic rings. The molecule has 2 aromatic rings. The number of amides is 1. The van der Waals surface area contributed by atoms with Crippen molar-refractivity contribution >= 4 is 17.3 Å². The standard InChI is InChI=1S/C20H25N5O2/c1-25-7-2-3-12-9-14(11-17(12)25)24-19(26)18(22)15-5-4-13(10-16(15)21)20-23-6-8-27-20/h4-6,8,10,12,14,17,22H,2-3,7,9,11,21H2,1H3,(H,24,26)/t12?,14-,17?/m0/s1. The van der Waals surface area contributed by atoms with Crippen molar-refractivity contribution in [1.82, 2.24) is 15.2 Å². The monoisotopic (exact) mass is 367 g/mol. The molecule has 0 radical (unpaired) electrons. The number of piperidine rings is 1. The van der Waals surface area contributed by atoms with Gasteiger partial charge in [-0.3, -0.25) is 10.2 Å². The van der Waals surface area contributed by atoms with Crippen LogP contribution in [-0.4, -0.2) is 47.2 Å². The van der Waals surface area contributed by atoms with Gasteiger partial charge in [-0.1, -0.05) is 0 Å². The second-order valence-corrected chi connectivity index (χ2v) is 7.61. The lowest BCUT2D eigenvalue weighted by Crippen LogP contribution is -2.41. The number of nitrogens with zero attached hydrogens (tertiary/aromatic N) is 2. The number of carbonyl (C=O) groups is 1. The molecule has 2 unspecified atom stereocenters. The Hall–Kier alpha value is -2.67. The fraction of sp³-hybridized carbons (Fsp3) is 0.450. The second kappa shape index (κ2) is 7.15. The van der Waals surface area contributed by atoms with Gasteiger partial charge in [0, 0.05) is 28.9 Å². The highest BCUT2D eigenvalue weighted by Gasteiger charge is 2.39. The summed E-state index contributed by atoms with van der Waals surface area (Å²) in [4.78, 5) is 19.1. The van der Waals surface area contributed by atoms with Gasteiger partial charge in [0.25, 0.3) is 5.91 Å². The van der Waals surface area contributed by atoms with E-state index >= 15 is 0 Å². The van der Waals surface area contributed by atoms with E-state index in [0.717, 1.165) is 24.9 Å². The van der Waals surface area contributed by atoms with Gasteiger partial charge < -0.3 is 20.4 Å². The Kier molecular flexibility index (Phi) is 4.70. The molecular formula is C20H25N5O2. The third-order valence-electron chi connectivity index (χ3n) is 5.87. The Morgan fingerprint density at radius 2 is 2.26 bits per heavy atom. The molecule has 2 fully saturated rings. The summed E-state index contributed by atoms with van der Waals surface area (Å²) in [6.07, 6.45) is 7.46. The highest BCUT2D eigenvalue weighted by atomic mass is 16.3. The molecule has 0 spiro atoms. The fourth-order valence-electron chi connectivity index (χ4n) is 4.51. The molecule has 1 saturated heterocycles. The largest absolute Gasteiger partial charge is 0.445 e. The number of nitrogens with two attached hydrogens (primary N) is 1. The van der Waals surface area contributed by atoms with Crippen LogP contribution >= 0.6 is 0 Å². The zero-order chi connectivity index (χ0) is 19.0. The lowest BCUT2D eigenvalue weighted by molar-refractivity contribution is -0.115. The van der Waals surface area contributed by atoms with Crippen LogP contribution in [0.25, 0.3) is 11.5 Å². The number of aromatic nitrogens is 1. The molecule has 27 heavy (non-hydrogen) atoms. The van der Waals surface area contributed by atoms with Crippen LogP contribution in [0, 0.1) is 11.3 Å². The number of fused-ring (bicyclic) bond motifs is 1. The molecule has 3 atom stereocenters. The average molecular weight is 367 g/mol. The molecule has 142 valence electrons. The minimum atomic E-state index is -0.364. The third kappa shape index (κ3) is 3.47. The van der Waals surface area contributed by atoms with Crippen LogP contribution in [0.15, 0.2) is 35.1 Å². The summed E-state index contributed by atoms with van der Waals surface area (Å²) in [5.41, 5.74) is 7.50. The molecule has 1 saturated carbocycles. The minimum Gasteiger partial charge on any atom is -0.445 e. The van der Waals surface area contributed by atoms with Crippen molar-refractivity contribution in [3.63, 3.8) is 0 Å². The highest BCUT2D eigenvalue weighted by molar-refractivity contribution is 6.45. The Bertz CT molecular complexity index is 848. The molecule has 4 rings (SSSR count). The van der Waals surface area contributed by atoms with Crippen molar-refractivity contribution in [3.8, 4) is 11.5 Å². The Morgan fingerprint density at radius 3 is 2.96 bits per heavy atom. The number of hydrogen-bond acceptors (Lipinski definition) is 6. The molecule has 7 nitrogen and oxygen atoms in total. The summed E-state index contributed by atoms with van der Waals surface area (Å²) in [6.45, 7) is 1.13. The van der Waals surface area contributed by atoms with Crippen molar-refractivity contribution in [2.45, 2.75) is 37.8 Å². The van der Waals surface area contributed by atoms with Crippen molar-refractivity contribution in [1.29, 1.82) is 5.41 Å². The molecular weight excluding hydrogens is 342 g/mol. The summed E-state index contributed by atoms with van der Waals surface area (Å²) >= 11 is 0. The number of likely N-dealkylation sites (tertiary alicyclic amines) is 1. The first-order valence-corrected chi connectivity index (χ1v) is 9.42. The molecule has 7 heteroatoms. The van der Waals surface area contributed by atoms with Gasteiger partial charge in [0.2, 0.25) is 5.89 Å². The maximum atomic E-state index is 12.6. The van der Waals surface area contributed by atoms with E-state index in [-0.39, 0.29) is 17.7 Å². The van der Waals surface area contributed by atoms with Crippen LogP contribution in [0.5, 0.6) is 0 Å². The minimum absolute atomic E-state index is 0.102. The molecule has 2 heterocycles. The lowest BCUT2D eigenvalue weighted by atomic mass is 9.92. The van der Waals surface area contributed by atoms with Crippen molar-refractivity contribution < 1.29 is 9.21 Å². The maximum absolute atomic E-state index is 12.6. The number of hydrogen-bond donors (Lipinski definition) is 3. The Labute approximate surface area is 158 Å². The van der Waals surface area contributed by atoms with E-state index in [9.17, 15) is 4.79 Å². The van der Waals surface area contributed by atoms with E-state index in [1.165, 1.54) is 19.1 Å². The molecule has 1 aromatic carbocycles. The van der Waals surface area contributed by atoms with E-state index in [1.807, 2.05) is 0 Å². The first-order valence-electron chi connectivity index (χ1n) is 9.42. The lowest BCUT2D eigenvalue weighted by Gasteiger charge is -2.34. The number of nitrogen functional groups attached to an aromatic ring is 1. The van der Waals surface area contributed by atoms with Crippen LogP contribution in [0.3, 0.4) is 0 Å². The predicted molar refractivity (Wildman–Crippen MR) is 103 cm³/mol. The summed E-state index contributed by atoms with van der Waals surface area (Å²) in [6, 6.07) is 5.80. The van der Waals surface area contributed by atoms with Gasteiger partial charge in [0.1, 0.15) is 12.0 Å². The van der Waals surface area contributed by atoms with Crippen LogP contribution in [0.2, 0.25) is 0 Å². The Balaban J connectivity index is 1.43. The highest BCUT2D eigenvalue weighted by Crippen LogP contribution is 2.36. The summed E-state index contributed by atoms with van der Waals surface area (Å²) in [5, 5.41) is 11.3. The first-order chi connectivity index (χ1) is 13.0. The molecule has 1 aromatic heterocycles. The predicted octanol–water partition coefficient (Wildman–Crippen LogP) is 2.28. The topological polar surface area (TPSA) is 108 Å².